The van der Waals surface area contributed by atoms with Gasteiger partial charge in [0.15, 0.2) is 0 Å². The lowest BCUT2D eigenvalue weighted by atomic mass is 10.1. The molecule has 0 unspecified atom stereocenters. The Balaban J connectivity index is 1.65. The Morgan fingerprint density at radius 1 is 1.30 bits per heavy atom. The van der Waals surface area contributed by atoms with E-state index in [1.54, 1.807) is 12.1 Å². The summed E-state index contributed by atoms with van der Waals surface area (Å²) in [6, 6.07) is 11.9. The van der Waals surface area contributed by atoms with Gasteiger partial charge in [-0.1, -0.05) is 22.0 Å². The maximum Gasteiger partial charge on any atom is 0.289 e. The molecule has 2 aromatic heterocycles. The molecule has 0 aliphatic carbocycles. The van der Waals surface area contributed by atoms with Crippen LogP contribution in [-0.4, -0.2) is 22.0 Å². The molecule has 1 aromatic carbocycles. The summed E-state index contributed by atoms with van der Waals surface area (Å²) in [5.41, 5.74) is 4.14. The molecule has 9 heteroatoms. The highest BCUT2D eigenvalue weighted by Gasteiger charge is 2.11. The maximum absolute atomic E-state index is 11.9. The van der Waals surface area contributed by atoms with Crippen molar-refractivity contribution in [2.45, 2.75) is 6.92 Å². The van der Waals surface area contributed by atoms with Crippen molar-refractivity contribution in [3.8, 4) is 11.3 Å². The number of nitro groups is 1. The minimum absolute atomic E-state index is 0.0152. The summed E-state index contributed by atoms with van der Waals surface area (Å²) in [5, 5.41) is 14.4. The highest BCUT2D eigenvalue weighted by atomic mass is 79.9. The first-order valence-electron chi connectivity index (χ1n) is 7.74. The molecule has 0 radical (unpaired) electrons. The molecule has 3 aromatic rings. The first-order chi connectivity index (χ1) is 12.9. The molecule has 0 saturated carbocycles. The van der Waals surface area contributed by atoms with Crippen LogP contribution in [-0.2, 0) is 0 Å². The average Bonchev–Trinajstić information content (AvgIpc) is 3.10. The number of rotatable bonds is 5. The Bertz CT molecular complexity index is 1030. The molecule has 8 nitrogen and oxygen atoms in total. The van der Waals surface area contributed by atoms with E-state index in [0.29, 0.717) is 11.5 Å². The third-order valence-corrected chi connectivity index (χ3v) is 4.22. The normalized spacial score (nSPS) is 10.9. The Hall–Kier alpha value is -3.33. The van der Waals surface area contributed by atoms with Crippen LogP contribution in [0.3, 0.4) is 0 Å². The van der Waals surface area contributed by atoms with Crippen LogP contribution in [0.25, 0.3) is 11.3 Å². The zero-order chi connectivity index (χ0) is 19.4. The van der Waals surface area contributed by atoms with E-state index >= 15 is 0 Å². The van der Waals surface area contributed by atoms with Gasteiger partial charge in [0.2, 0.25) is 0 Å². The van der Waals surface area contributed by atoms with Gasteiger partial charge in [0.1, 0.15) is 23.4 Å². The second-order valence-corrected chi connectivity index (χ2v) is 6.40. The smallest absolute Gasteiger partial charge is 0.289 e. The van der Waals surface area contributed by atoms with Crippen molar-refractivity contribution in [2.24, 2.45) is 5.10 Å². The number of nitrogens with zero attached hydrogens (tertiary/aromatic N) is 3. The first kappa shape index (κ1) is 18.5. The van der Waals surface area contributed by atoms with Gasteiger partial charge < -0.3 is 4.42 Å². The SMILES string of the molecule is Cc1ccc(-c2ccc(C=NNC(=O)c3ccc([N+](=O)[O-])cn3)o2)c(Br)c1. The van der Waals surface area contributed by atoms with E-state index < -0.39 is 10.8 Å². The fourth-order valence-electron chi connectivity index (χ4n) is 2.23. The van der Waals surface area contributed by atoms with Crippen LogP contribution in [0.2, 0.25) is 0 Å². The number of furan rings is 1. The highest BCUT2D eigenvalue weighted by Crippen LogP contribution is 2.30. The third kappa shape index (κ3) is 4.45. The van der Waals surface area contributed by atoms with E-state index in [2.05, 4.69) is 31.4 Å². The van der Waals surface area contributed by atoms with Crippen molar-refractivity contribution >= 4 is 33.7 Å². The summed E-state index contributed by atoms with van der Waals surface area (Å²) < 4.78 is 6.61. The van der Waals surface area contributed by atoms with Gasteiger partial charge in [-0.3, -0.25) is 14.9 Å². The molecule has 0 fully saturated rings. The summed E-state index contributed by atoms with van der Waals surface area (Å²) in [6.45, 7) is 2.00. The summed E-state index contributed by atoms with van der Waals surface area (Å²) in [7, 11) is 0. The van der Waals surface area contributed by atoms with Crippen LogP contribution in [0.15, 0.2) is 62.7 Å². The van der Waals surface area contributed by atoms with E-state index in [1.807, 2.05) is 25.1 Å². The number of amides is 1. The van der Waals surface area contributed by atoms with Gasteiger partial charge in [-0.15, -0.1) is 0 Å². The fraction of sp³-hybridized carbons (Fsp3) is 0.0556. The first-order valence-corrected chi connectivity index (χ1v) is 8.53. The van der Waals surface area contributed by atoms with E-state index in [4.69, 9.17) is 4.42 Å². The van der Waals surface area contributed by atoms with Crippen LogP contribution >= 0.6 is 15.9 Å². The molecular formula is C18H13BrN4O4. The maximum atomic E-state index is 11.9. The zero-order valence-corrected chi connectivity index (χ0v) is 15.6. The van der Waals surface area contributed by atoms with Gasteiger partial charge in [-0.25, -0.2) is 10.4 Å². The zero-order valence-electron chi connectivity index (χ0n) is 14.0. The van der Waals surface area contributed by atoms with Crippen molar-refractivity contribution in [1.82, 2.24) is 10.4 Å². The van der Waals surface area contributed by atoms with E-state index in [0.717, 1.165) is 21.8 Å². The van der Waals surface area contributed by atoms with Crippen LogP contribution in [0.1, 0.15) is 21.8 Å². The number of aryl methyl sites for hydroxylation is 1. The molecule has 0 aliphatic rings. The van der Waals surface area contributed by atoms with E-state index in [1.165, 1.54) is 18.3 Å². The van der Waals surface area contributed by atoms with Gasteiger partial charge in [0.25, 0.3) is 11.6 Å². The number of nitrogens with one attached hydrogen (secondary N) is 1. The van der Waals surface area contributed by atoms with Crippen LogP contribution in [0.4, 0.5) is 5.69 Å². The quantitative estimate of drug-likeness (QED) is 0.373. The number of halogens is 1. The molecule has 136 valence electrons. The third-order valence-electron chi connectivity index (χ3n) is 3.57. The Morgan fingerprint density at radius 2 is 2.11 bits per heavy atom. The average molecular weight is 429 g/mol. The van der Waals surface area contributed by atoms with Crippen molar-refractivity contribution < 1.29 is 14.1 Å². The lowest BCUT2D eigenvalue weighted by Gasteiger charge is -2.02. The van der Waals surface area contributed by atoms with Crippen LogP contribution in [0, 0.1) is 17.0 Å². The Labute approximate surface area is 162 Å². The second-order valence-electron chi connectivity index (χ2n) is 5.54. The summed E-state index contributed by atoms with van der Waals surface area (Å²) in [6.07, 6.45) is 2.37. The van der Waals surface area contributed by atoms with Crippen molar-refractivity contribution in [3.05, 3.63) is 80.3 Å². The predicted molar refractivity (Wildman–Crippen MR) is 103 cm³/mol. The number of benzene rings is 1. The predicted octanol–water partition coefficient (Wildman–Crippen LogP) is 4.08. The molecule has 0 saturated heterocycles. The fourth-order valence-corrected chi connectivity index (χ4v) is 2.92. The minimum Gasteiger partial charge on any atom is -0.455 e. The van der Waals surface area contributed by atoms with Crippen molar-refractivity contribution in [2.75, 3.05) is 0 Å². The molecule has 0 aliphatic heterocycles. The highest BCUT2D eigenvalue weighted by molar-refractivity contribution is 9.10. The molecule has 0 bridgehead atoms. The Kier molecular flexibility index (Phi) is 5.41. The summed E-state index contributed by atoms with van der Waals surface area (Å²) in [4.78, 5) is 25.6. The van der Waals surface area contributed by atoms with Gasteiger partial charge in [0, 0.05) is 16.1 Å². The molecule has 0 spiro atoms. The molecule has 0 atom stereocenters. The second kappa shape index (κ2) is 7.92. The molecule has 27 heavy (non-hydrogen) atoms. The van der Waals surface area contributed by atoms with Crippen molar-refractivity contribution in [1.29, 1.82) is 0 Å². The number of hydrazone groups is 1. The van der Waals surface area contributed by atoms with Gasteiger partial charge in [0.05, 0.1) is 11.1 Å². The number of carbonyl (C=O) groups is 1. The number of hydrogen-bond acceptors (Lipinski definition) is 6. The van der Waals surface area contributed by atoms with E-state index in [-0.39, 0.29) is 11.4 Å². The summed E-state index contributed by atoms with van der Waals surface area (Å²) >= 11 is 3.50. The van der Waals surface area contributed by atoms with Crippen LogP contribution < -0.4 is 5.43 Å². The van der Waals surface area contributed by atoms with Gasteiger partial charge >= 0.3 is 0 Å². The number of pyridine rings is 1. The molecular weight excluding hydrogens is 416 g/mol. The molecule has 2 heterocycles. The van der Waals surface area contributed by atoms with Gasteiger partial charge in [-0.05, 0) is 42.8 Å². The van der Waals surface area contributed by atoms with Gasteiger partial charge in [-0.2, -0.15) is 5.10 Å². The van der Waals surface area contributed by atoms with Crippen molar-refractivity contribution in [3.63, 3.8) is 0 Å². The topological polar surface area (TPSA) is 111 Å². The number of carbonyl (C=O) groups excluding carboxylic acids is 1. The minimum atomic E-state index is -0.590. The number of hydrogen-bond donors (Lipinski definition) is 1. The summed E-state index contributed by atoms with van der Waals surface area (Å²) in [5.74, 6) is 0.523. The Morgan fingerprint density at radius 3 is 2.78 bits per heavy atom. The molecule has 3 rings (SSSR count). The van der Waals surface area contributed by atoms with E-state index in [9.17, 15) is 14.9 Å². The monoisotopic (exact) mass is 428 g/mol. The largest absolute Gasteiger partial charge is 0.455 e. The standard InChI is InChI=1S/C18H13BrN4O4/c1-11-2-5-14(15(19)8-11)17-7-4-13(27-17)10-21-22-18(24)16-6-3-12(9-20-16)23(25)26/h2-10H,1H3,(H,22,24). The molecule has 1 amide bonds. The number of aromatic nitrogens is 1. The van der Waals surface area contributed by atoms with Crippen LogP contribution in [0.5, 0.6) is 0 Å². The lowest BCUT2D eigenvalue weighted by molar-refractivity contribution is -0.385. The lowest BCUT2D eigenvalue weighted by Crippen LogP contribution is -2.18. The molecule has 1 N–H and O–H groups in total.